The Morgan fingerprint density at radius 1 is 1.03 bits per heavy atom. The number of hydrogen-bond donors (Lipinski definition) is 4. The highest BCUT2D eigenvalue weighted by Gasteiger charge is 2.57. The predicted molar refractivity (Wildman–Crippen MR) is 120 cm³/mol. The molecule has 1 aliphatic heterocycles. The number of aliphatic hydroxyl groups excluding tert-OH is 2. The maximum atomic E-state index is 11.4. The van der Waals surface area contributed by atoms with Crippen LogP contribution in [0.5, 0.6) is 0 Å². The molecule has 5 nitrogen and oxygen atoms in total. The van der Waals surface area contributed by atoms with Gasteiger partial charge in [0.2, 0.25) is 0 Å². The fourth-order valence-electron chi connectivity index (χ4n) is 7.41. The maximum Gasteiger partial charge on any atom is 0.0950 e. The molecule has 6 atom stereocenters. The van der Waals surface area contributed by atoms with Gasteiger partial charge in [-0.15, -0.1) is 0 Å². The zero-order valence-corrected chi connectivity index (χ0v) is 20.0. The van der Waals surface area contributed by atoms with Crippen molar-refractivity contribution in [2.75, 3.05) is 19.6 Å². The van der Waals surface area contributed by atoms with Crippen molar-refractivity contribution in [3.05, 3.63) is 0 Å². The van der Waals surface area contributed by atoms with Gasteiger partial charge in [-0.3, -0.25) is 0 Å². The van der Waals surface area contributed by atoms with Crippen molar-refractivity contribution in [1.29, 1.82) is 0 Å². The molecule has 176 valence electrons. The molecule has 0 spiro atoms. The zero-order valence-electron chi connectivity index (χ0n) is 20.0. The van der Waals surface area contributed by atoms with E-state index in [0.717, 1.165) is 51.6 Å². The van der Waals surface area contributed by atoms with Gasteiger partial charge in [-0.1, -0.05) is 27.2 Å². The third-order valence-corrected chi connectivity index (χ3v) is 9.41. The van der Waals surface area contributed by atoms with E-state index in [1.165, 1.54) is 12.8 Å². The second-order valence-corrected chi connectivity index (χ2v) is 12.3. The van der Waals surface area contributed by atoms with Gasteiger partial charge in [0.05, 0.1) is 23.4 Å². The lowest BCUT2D eigenvalue weighted by atomic mass is 9.45. The fourth-order valence-corrected chi connectivity index (χ4v) is 7.41. The first-order valence-electron chi connectivity index (χ1n) is 12.3. The summed E-state index contributed by atoms with van der Waals surface area (Å²) in [5, 5.41) is 43.0. The van der Waals surface area contributed by atoms with Crippen LogP contribution in [0.4, 0.5) is 0 Å². The molecule has 3 unspecified atom stereocenters. The monoisotopic (exact) mass is 425 g/mol. The number of rotatable bonds is 6. The van der Waals surface area contributed by atoms with Gasteiger partial charge in [0.15, 0.2) is 0 Å². The SMILES string of the molecule is CC1(C)CCC[C@@]2(C)C1CC[C@@](C)(O)[C@@H]2CCC(C)(O)C(O)CN1CCC(O)CC1. The minimum Gasteiger partial charge on any atom is -0.393 e. The first kappa shape index (κ1) is 24.4. The highest BCUT2D eigenvalue weighted by atomic mass is 16.3. The average molecular weight is 426 g/mol. The summed E-state index contributed by atoms with van der Waals surface area (Å²) in [5.41, 5.74) is -1.53. The molecule has 3 fully saturated rings. The Balaban J connectivity index is 1.67. The number of hydrogen-bond acceptors (Lipinski definition) is 5. The summed E-state index contributed by atoms with van der Waals surface area (Å²) in [4.78, 5) is 2.14. The largest absolute Gasteiger partial charge is 0.393 e. The van der Waals surface area contributed by atoms with Crippen molar-refractivity contribution < 1.29 is 20.4 Å². The van der Waals surface area contributed by atoms with E-state index >= 15 is 0 Å². The molecule has 2 aliphatic carbocycles. The highest BCUT2D eigenvalue weighted by molar-refractivity contribution is 5.07. The second-order valence-electron chi connectivity index (χ2n) is 12.3. The maximum absolute atomic E-state index is 11.4. The molecule has 2 saturated carbocycles. The van der Waals surface area contributed by atoms with E-state index in [1.807, 2.05) is 6.92 Å². The van der Waals surface area contributed by atoms with E-state index in [1.54, 1.807) is 6.92 Å². The van der Waals surface area contributed by atoms with Gasteiger partial charge in [-0.05, 0) is 87.9 Å². The molecule has 1 saturated heterocycles. The number of β-amino-alcohol motifs (C(OH)–C–C–N with tert-alkyl or cyclic N) is 1. The zero-order chi connectivity index (χ0) is 22.4. The summed E-state index contributed by atoms with van der Waals surface area (Å²) in [6.45, 7) is 12.9. The van der Waals surface area contributed by atoms with Gasteiger partial charge in [0.25, 0.3) is 0 Å². The Morgan fingerprint density at radius 3 is 2.30 bits per heavy atom. The number of piperidine rings is 1. The van der Waals surface area contributed by atoms with Crippen LogP contribution in [0, 0.1) is 22.7 Å². The topological polar surface area (TPSA) is 84.2 Å². The predicted octanol–water partition coefficient (Wildman–Crippen LogP) is 3.33. The van der Waals surface area contributed by atoms with Crippen molar-refractivity contribution in [3.63, 3.8) is 0 Å². The molecule has 0 bridgehead atoms. The van der Waals surface area contributed by atoms with E-state index in [0.29, 0.717) is 24.3 Å². The Kier molecular flexibility index (Phi) is 7.03. The molecule has 0 aromatic heterocycles. The van der Waals surface area contributed by atoms with Gasteiger partial charge < -0.3 is 25.3 Å². The number of nitrogens with zero attached hydrogens (tertiary/aromatic N) is 1. The minimum atomic E-state index is -1.18. The Bertz CT molecular complexity index is 582. The summed E-state index contributed by atoms with van der Waals surface area (Å²) in [6, 6.07) is 0. The molecule has 1 heterocycles. The molecule has 0 amide bonds. The molecule has 4 N–H and O–H groups in total. The summed E-state index contributed by atoms with van der Waals surface area (Å²) in [6.07, 6.45) is 7.12. The Hall–Kier alpha value is -0.200. The normalized spacial score (nSPS) is 41.1. The van der Waals surface area contributed by atoms with Crippen LogP contribution in [0.15, 0.2) is 0 Å². The van der Waals surface area contributed by atoms with Crippen molar-refractivity contribution in [3.8, 4) is 0 Å². The Labute approximate surface area is 183 Å². The molecule has 0 radical (unpaired) electrons. The third-order valence-electron chi connectivity index (χ3n) is 9.41. The van der Waals surface area contributed by atoms with Crippen LogP contribution < -0.4 is 0 Å². The number of likely N-dealkylation sites (tertiary alicyclic amines) is 1. The van der Waals surface area contributed by atoms with Crippen molar-refractivity contribution >= 4 is 0 Å². The molecular weight excluding hydrogens is 378 g/mol. The first-order chi connectivity index (χ1) is 13.8. The molecular formula is C25H47NO4. The third kappa shape index (κ3) is 4.91. The van der Waals surface area contributed by atoms with Crippen LogP contribution in [0.3, 0.4) is 0 Å². The van der Waals surface area contributed by atoms with Gasteiger partial charge in [0.1, 0.15) is 0 Å². The molecule has 30 heavy (non-hydrogen) atoms. The van der Waals surface area contributed by atoms with E-state index < -0.39 is 17.3 Å². The standard InChI is InChI=1S/C25H47NO4/c1-22(2)11-6-12-23(3)19(22)7-13-24(4,29)20(23)8-14-25(5,30)21(28)17-26-15-9-18(27)10-16-26/h18-21,27-30H,6-17H2,1-5H3/t19?,20-,21?,23+,24-,25?/m1/s1. The smallest absolute Gasteiger partial charge is 0.0950 e. The number of aliphatic hydroxyl groups is 4. The van der Waals surface area contributed by atoms with Gasteiger partial charge in [-0.25, -0.2) is 0 Å². The second kappa shape index (κ2) is 8.62. The lowest BCUT2D eigenvalue weighted by molar-refractivity contribution is -0.176. The Morgan fingerprint density at radius 2 is 1.67 bits per heavy atom. The molecule has 0 aromatic carbocycles. The summed E-state index contributed by atoms with van der Waals surface area (Å²) in [7, 11) is 0. The van der Waals surface area contributed by atoms with Gasteiger partial charge in [0, 0.05) is 19.6 Å². The van der Waals surface area contributed by atoms with Crippen molar-refractivity contribution in [1.82, 2.24) is 4.90 Å². The van der Waals surface area contributed by atoms with E-state index in [4.69, 9.17) is 0 Å². The van der Waals surface area contributed by atoms with E-state index in [2.05, 4.69) is 25.7 Å². The van der Waals surface area contributed by atoms with Crippen LogP contribution >= 0.6 is 0 Å². The van der Waals surface area contributed by atoms with Crippen LogP contribution in [0.2, 0.25) is 0 Å². The van der Waals surface area contributed by atoms with Gasteiger partial charge in [-0.2, -0.15) is 0 Å². The molecule has 3 aliphatic rings. The quantitative estimate of drug-likeness (QED) is 0.525. The first-order valence-corrected chi connectivity index (χ1v) is 12.3. The minimum absolute atomic E-state index is 0.0769. The number of fused-ring (bicyclic) bond motifs is 1. The summed E-state index contributed by atoms with van der Waals surface area (Å²) in [5.74, 6) is 0.728. The van der Waals surface area contributed by atoms with Crippen molar-refractivity contribution in [2.45, 2.75) is 116 Å². The molecule has 3 rings (SSSR count). The lowest BCUT2D eigenvalue weighted by Gasteiger charge is -2.61. The van der Waals surface area contributed by atoms with Crippen LogP contribution in [0.25, 0.3) is 0 Å². The van der Waals surface area contributed by atoms with Crippen LogP contribution in [0.1, 0.15) is 92.4 Å². The van der Waals surface area contributed by atoms with Crippen LogP contribution in [-0.2, 0) is 0 Å². The van der Waals surface area contributed by atoms with E-state index in [9.17, 15) is 20.4 Å². The van der Waals surface area contributed by atoms with E-state index in [-0.39, 0.29) is 17.4 Å². The van der Waals surface area contributed by atoms with Crippen LogP contribution in [-0.4, -0.2) is 68.4 Å². The molecule has 0 aromatic rings. The summed E-state index contributed by atoms with van der Waals surface area (Å²) < 4.78 is 0. The highest BCUT2D eigenvalue weighted by Crippen LogP contribution is 2.63. The summed E-state index contributed by atoms with van der Waals surface area (Å²) >= 11 is 0. The van der Waals surface area contributed by atoms with Crippen molar-refractivity contribution in [2.24, 2.45) is 22.7 Å². The average Bonchev–Trinajstić information content (AvgIpc) is 2.61. The molecule has 5 heteroatoms. The lowest BCUT2D eigenvalue weighted by Crippen LogP contribution is -2.58. The van der Waals surface area contributed by atoms with Gasteiger partial charge >= 0.3 is 0 Å². The fraction of sp³-hybridized carbons (Fsp3) is 1.00.